The summed E-state index contributed by atoms with van der Waals surface area (Å²) in [6.07, 6.45) is 1.55. The minimum atomic E-state index is -0.535. The summed E-state index contributed by atoms with van der Waals surface area (Å²) >= 11 is 7.30. The van der Waals surface area contributed by atoms with Gasteiger partial charge in [0.1, 0.15) is 19.0 Å². The number of carbonyl (C=O) groups excluding carboxylic acids is 3. The van der Waals surface area contributed by atoms with Crippen molar-refractivity contribution in [2.45, 2.75) is 13.5 Å². The summed E-state index contributed by atoms with van der Waals surface area (Å²) < 4.78 is 24.8. The molecule has 0 radical (unpaired) electrons. The number of piperazine rings is 1. The number of nitrogens with zero attached hydrogens (tertiary/aromatic N) is 3. The molecule has 42 heavy (non-hydrogen) atoms. The van der Waals surface area contributed by atoms with Gasteiger partial charge in [-0.1, -0.05) is 41.9 Å². The molecule has 3 amide bonds. The summed E-state index contributed by atoms with van der Waals surface area (Å²) in [6.45, 7) is 4.34. The number of rotatable bonds is 9. The Morgan fingerprint density at radius 3 is 2.40 bits per heavy atom. The van der Waals surface area contributed by atoms with Crippen molar-refractivity contribution in [2.75, 3.05) is 44.2 Å². The fraction of sp³-hybridized carbons (Fsp3) is 0.258. The van der Waals surface area contributed by atoms with E-state index < -0.39 is 11.1 Å². The highest BCUT2D eigenvalue weighted by atomic mass is 35.5. The van der Waals surface area contributed by atoms with E-state index in [4.69, 9.17) is 21.1 Å². The summed E-state index contributed by atoms with van der Waals surface area (Å²) in [5.41, 5.74) is 2.38. The zero-order valence-corrected chi connectivity index (χ0v) is 24.5. The second kappa shape index (κ2) is 13.3. The van der Waals surface area contributed by atoms with Crippen molar-refractivity contribution < 1.29 is 28.2 Å². The van der Waals surface area contributed by atoms with E-state index in [2.05, 4.69) is 4.90 Å². The fourth-order valence-electron chi connectivity index (χ4n) is 4.69. The van der Waals surface area contributed by atoms with Gasteiger partial charge >= 0.3 is 0 Å². The zero-order valence-electron chi connectivity index (χ0n) is 22.9. The van der Waals surface area contributed by atoms with Gasteiger partial charge in [0.15, 0.2) is 11.5 Å². The number of carbonyl (C=O) groups is 3. The standard InChI is InChI=1S/C31H29ClFN3O5S/c1-2-40-26-17-22(16-25(32)29(26)41-20-21-8-10-23(33)11-9-21)18-27-30(38)36(31(39)42-27)19-28(37)35-14-12-34(13-15-35)24-6-4-3-5-7-24/h3-11,16-18H,2,12-15,19-20H2,1H3/b27-18+. The van der Waals surface area contributed by atoms with E-state index in [1.54, 1.807) is 35.2 Å². The predicted molar refractivity (Wildman–Crippen MR) is 161 cm³/mol. The Kier molecular flexibility index (Phi) is 9.34. The van der Waals surface area contributed by atoms with Gasteiger partial charge in [0.05, 0.1) is 16.5 Å². The van der Waals surface area contributed by atoms with Crippen molar-refractivity contribution >= 4 is 52.2 Å². The molecule has 2 aliphatic heterocycles. The van der Waals surface area contributed by atoms with Crippen molar-refractivity contribution in [2.24, 2.45) is 0 Å². The van der Waals surface area contributed by atoms with Gasteiger partial charge in [-0.25, -0.2) is 4.39 Å². The van der Waals surface area contributed by atoms with Crippen LogP contribution in [0.1, 0.15) is 18.1 Å². The Bertz CT molecular complexity index is 1490. The van der Waals surface area contributed by atoms with Crippen LogP contribution in [0, 0.1) is 5.82 Å². The van der Waals surface area contributed by atoms with Crippen LogP contribution >= 0.6 is 23.4 Å². The van der Waals surface area contributed by atoms with Gasteiger partial charge in [-0.05, 0) is 72.3 Å². The van der Waals surface area contributed by atoms with Crippen LogP contribution in [0.3, 0.4) is 0 Å². The Hall–Kier alpha value is -4.02. The Morgan fingerprint density at radius 2 is 1.71 bits per heavy atom. The number of halogens is 2. The molecule has 0 N–H and O–H groups in total. The molecular weight excluding hydrogens is 581 g/mol. The molecule has 2 aliphatic rings. The normalized spacial score (nSPS) is 16.4. The van der Waals surface area contributed by atoms with E-state index >= 15 is 0 Å². The molecule has 3 aromatic carbocycles. The highest BCUT2D eigenvalue weighted by Gasteiger charge is 2.37. The molecule has 8 nitrogen and oxygen atoms in total. The first-order chi connectivity index (χ1) is 20.3. The third-order valence-electron chi connectivity index (χ3n) is 6.85. The monoisotopic (exact) mass is 609 g/mol. The lowest BCUT2D eigenvalue weighted by molar-refractivity contribution is -0.136. The van der Waals surface area contributed by atoms with Gasteiger partial charge < -0.3 is 19.3 Å². The fourth-order valence-corrected chi connectivity index (χ4v) is 5.80. The molecule has 0 saturated carbocycles. The van der Waals surface area contributed by atoms with Crippen LogP contribution in [0.25, 0.3) is 6.08 Å². The summed E-state index contributed by atoms with van der Waals surface area (Å²) in [5, 5.41) is -0.253. The first kappa shape index (κ1) is 29.5. The summed E-state index contributed by atoms with van der Waals surface area (Å²) in [7, 11) is 0. The molecule has 218 valence electrons. The number of thioether (sulfide) groups is 1. The predicted octanol–water partition coefficient (Wildman–Crippen LogP) is 5.84. The van der Waals surface area contributed by atoms with Crippen molar-refractivity contribution in [1.82, 2.24) is 9.80 Å². The van der Waals surface area contributed by atoms with Gasteiger partial charge in [-0.3, -0.25) is 19.3 Å². The smallest absolute Gasteiger partial charge is 0.294 e. The van der Waals surface area contributed by atoms with Gasteiger partial charge in [-0.15, -0.1) is 0 Å². The van der Waals surface area contributed by atoms with E-state index in [1.807, 2.05) is 37.3 Å². The van der Waals surface area contributed by atoms with Crippen LogP contribution in [0.4, 0.5) is 14.9 Å². The molecule has 11 heteroatoms. The molecule has 0 atom stereocenters. The summed E-state index contributed by atoms with van der Waals surface area (Å²) in [6, 6.07) is 19.2. The number of imide groups is 1. The molecule has 2 heterocycles. The summed E-state index contributed by atoms with van der Waals surface area (Å²) in [4.78, 5) is 43.9. The van der Waals surface area contributed by atoms with Crippen LogP contribution in [-0.2, 0) is 16.2 Å². The second-order valence-corrected chi connectivity index (χ2v) is 11.0. The lowest BCUT2D eigenvalue weighted by atomic mass is 10.1. The average molecular weight is 610 g/mol. The van der Waals surface area contributed by atoms with Gasteiger partial charge in [0.25, 0.3) is 11.1 Å². The van der Waals surface area contributed by atoms with Crippen LogP contribution in [0.5, 0.6) is 11.5 Å². The maximum Gasteiger partial charge on any atom is 0.294 e. The van der Waals surface area contributed by atoms with Crippen LogP contribution < -0.4 is 14.4 Å². The average Bonchev–Trinajstić information content (AvgIpc) is 3.25. The van der Waals surface area contributed by atoms with Gasteiger partial charge in [-0.2, -0.15) is 0 Å². The molecule has 0 aromatic heterocycles. The largest absolute Gasteiger partial charge is 0.490 e. The maximum absolute atomic E-state index is 13.2. The molecule has 3 aromatic rings. The van der Waals surface area contributed by atoms with E-state index in [9.17, 15) is 18.8 Å². The lowest BCUT2D eigenvalue weighted by Gasteiger charge is -2.36. The van der Waals surface area contributed by atoms with Crippen molar-refractivity contribution in [3.63, 3.8) is 0 Å². The highest BCUT2D eigenvalue weighted by Crippen LogP contribution is 2.39. The molecular formula is C31H29ClFN3O5S. The quantitative estimate of drug-likeness (QED) is 0.282. The number of benzene rings is 3. The van der Waals surface area contributed by atoms with Crippen LogP contribution in [0.15, 0.2) is 71.6 Å². The van der Waals surface area contributed by atoms with E-state index in [0.717, 1.165) is 27.9 Å². The summed E-state index contributed by atoms with van der Waals surface area (Å²) in [5.74, 6) is -0.470. The molecule has 2 fully saturated rings. The van der Waals surface area contributed by atoms with Gasteiger partial charge in [0.2, 0.25) is 5.91 Å². The van der Waals surface area contributed by atoms with Crippen molar-refractivity contribution in [1.29, 1.82) is 0 Å². The topological polar surface area (TPSA) is 79.4 Å². The van der Waals surface area contributed by atoms with Crippen molar-refractivity contribution in [3.05, 3.63) is 93.6 Å². The number of para-hydroxylation sites is 1. The molecule has 0 aliphatic carbocycles. The Labute approximate surface area is 252 Å². The lowest BCUT2D eigenvalue weighted by Crippen LogP contribution is -2.51. The Balaban J connectivity index is 1.24. The molecule has 0 bridgehead atoms. The van der Waals surface area contributed by atoms with Gasteiger partial charge in [0, 0.05) is 31.9 Å². The minimum Gasteiger partial charge on any atom is -0.490 e. The SMILES string of the molecule is CCOc1cc(/C=C2/SC(=O)N(CC(=O)N3CCN(c4ccccc4)CC3)C2=O)cc(Cl)c1OCc1ccc(F)cc1. The molecule has 0 spiro atoms. The molecule has 5 rings (SSSR count). The van der Waals surface area contributed by atoms with E-state index in [1.165, 1.54) is 12.1 Å². The third-order valence-corrected chi connectivity index (χ3v) is 8.03. The molecule has 2 saturated heterocycles. The van der Waals surface area contributed by atoms with Crippen LogP contribution in [0.2, 0.25) is 5.02 Å². The van der Waals surface area contributed by atoms with E-state index in [0.29, 0.717) is 49.8 Å². The number of amides is 3. The molecule has 0 unspecified atom stereocenters. The zero-order chi connectivity index (χ0) is 29.6. The Morgan fingerprint density at radius 1 is 1.00 bits per heavy atom. The van der Waals surface area contributed by atoms with Crippen molar-refractivity contribution in [3.8, 4) is 11.5 Å². The highest BCUT2D eigenvalue weighted by molar-refractivity contribution is 8.18. The van der Waals surface area contributed by atoms with Crippen LogP contribution in [-0.4, -0.2) is 66.2 Å². The van der Waals surface area contributed by atoms with E-state index in [-0.39, 0.29) is 34.8 Å². The third kappa shape index (κ3) is 6.88. The number of hydrogen-bond donors (Lipinski definition) is 0. The first-order valence-electron chi connectivity index (χ1n) is 13.5. The second-order valence-electron chi connectivity index (χ2n) is 9.65. The first-order valence-corrected chi connectivity index (χ1v) is 14.7. The minimum absolute atomic E-state index is 0.146. The number of hydrogen-bond acceptors (Lipinski definition) is 7. The number of anilines is 1. The maximum atomic E-state index is 13.2. The number of ether oxygens (including phenoxy) is 2.